The Hall–Kier alpha value is -2.51. The van der Waals surface area contributed by atoms with Crippen LogP contribution in [0, 0.1) is 12.8 Å². The molecule has 1 aliphatic rings. The van der Waals surface area contributed by atoms with Crippen molar-refractivity contribution in [2.24, 2.45) is 5.92 Å². The van der Waals surface area contributed by atoms with E-state index in [9.17, 15) is 4.79 Å². The lowest BCUT2D eigenvalue weighted by Crippen LogP contribution is -2.32. The van der Waals surface area contributed by atoms with Gasteiger partial charge in [0.25, 0.3) is 0 Å². The Kier molecular flexibility index (Phi) is 7.60. The number of amides is 1. The molecule has 0 radical (unpaired) electrons. The number of piperidine rings is 1. The summed E-state index contributed by atoms with van der Waals surface area (Å²) in [4.78, 5) is 25.1. The number of hydrogen-bond donors (Lipinski definition) is 1. The molecular formula is C26H34N4O2S. The van der Waals surface area contributed by atoms with Crippen molar-refractivity contribution in [3.8, 4) is 11.3 Å². The summed E-state index contributed by atoms with van der Waals surface area (Å²) in [6, 6.07) is 8.34. The highest BCUT2D eigenvalue weighted by atomic mass is 32.1. The molecule has 0 aliphatic carbocycles. The molecule has 0 atom stereocenters. The number of oxazole rings is 1. The minimum atomic E-state index is -0.0665. The van der Waals surface area contributed by atoms with Gasteiger partial charge in [-0.2, -0.15) is 0 Å². The number of carbonyl (C=O) groups excluding carboxylic acids is 1. The normalized spacial score (nSPS) is 15.3. The van der Waals surface area contributed by atoms with Crippen molar-refractivity contribution in [1.82, 2.24) is 14.9 Å². The fraction of sp³-hybridized carbons (Fsp3) is 0.500. The molecule has 1 saturated heterocycles. The second kappa shape index (κ2) is 10.6. The molecule has 1 N–H and O–H groups in total. The fourth-order valence-corrected chi connectivity index (χ4v) is 5.07. The smallest absolute Gasteiger partial charge is 0.226 e. The molecule has 1 aromatic carbocycles. The minimum absolute atomic E-state index is 0.0665. The standard InChI is InChI=1S/C26H34N4O2S/c1-17(2)20-5-7-21(8-6-20)22-15-27-25(32-22)10-9-24(31)29-26-28-19(4)23(33-26)16-30-13-11-18(3)12-14-30/h5-8,15,17-18H,9-14,16H2,1-4H3,(H,28,29,31). The predicted octanol–water partition coefficient (Wildman–Crippen LogP) is 6.03. The molecule has 0 spiro atoms. The molecule has 3 heterocycles. The number of carbonyl (C=O) groups is 1. The SMILES string of the molecule is Cc1nc(NC(=O)CCc2ncc(-c3ccc(C(C)C)cc3)o2)sc1CN1CCC(C)CC1. The number of nitrogens with zero attached hydrogens (tertiary/aromatic N) is 3. The second-order valence-electron chi connectivity index (χ2n) is 9.43. The van der Waals surface area contributed by atoms with Crippen LogP contribution in [0.1, 0.15) is 68.0 Å². The van der Waals surface area contributed by atoms with Gasteiger partial charge in [-0.15, -0.1) is 11.3 Å². The summed E-state index contributed by atoms with van der Waals surface area (Å²) in [6.45, 7) is 11.9. The van der Waals surface area contributed by atoms with Crippen molar-refractivity contribution >= 4 is 22.4 Å². The van der Waals surface area contributed by atoms with Crippen LogP contribution in [0.5, 0.6) is 0 Å². The largest absolute Gasteiger partial charge is 0.441 e. The lowest BCUT2D eigenvalue weighted by Gasteiger charge is -2.29. The van der Waals surface area contributed by atoms with Crippen LogP contribution in [0.3, 0.4) is 0 Å². The van der Waals surface area contributed by atoms with Crippen molar-refractivity contribution in [2.75, 3.05) is 18.4 Å². The fourth-order valence-electron chi connectivity index (χ4n) is 4.05. The average molecular weight is 467 g/mol. The third kappa shape index (κ3) is 6.30. The summed E-state index contributed by atoms with van der Waals surface area (Å²) in [6.07, 6.45) is 5.01. The molecule has 4 rings (SSSR count). The molecule has 1 aliphatic heterocycles. The van der Waals surface area contributed by atoms with E-state index in [0.717, 1.165) is 42.6 Å². The first-order valence-corrected chi connectivity index (χ1v) is 12.7. The van der Waals surface area contributed by atoms with Crippen molar-refractivity contribution in [2.45, 2.75) is 65.8 Å². The first kappa shape index (κ1) is 23.6. The molecule has 33 heavy (non-hydrogen) atoms. The van der Waals surface area contributed by atoms with Crippen LogP contribution >= 0.6 is 11.3 Å². The van der Waals surface area contributed by atoms with E-state index in [1.54, 1.807) is 17.5 Å². The highest BCUT2D eigenvalue weighted by Crippen LogP contribution is 2.27. The van der Waals surface area contributed by atoms with E-state index in [2.05, 4.69) is 65.2 Å². The van der Waals surface area contributed by atoms with Gasteiger partial charge in [0, 0.05) is 29.8 Å². The molecule has 176 valence electrons. The zero-order valence-electron chi connectivity index (χ0n) is 20.1. The quantitative estimate of drug-likeness (QED) is 0.439. The van der Waals surface area contributed by atoms with Gasteiger partial charge in [-0.3, -0.25) is 9.69 Å². The summed E-state index contributed by atoms with van der Waals surface area (Å²) in [7, 11) is 0. The van der Waals surface area contributed by atoms with Crippen molar-refractivity contribution in [3.05, 3.63) is 52.5 Å². The number of nitrogens with one attached hydrogen (secondary N) is 1. The lowest BCUT2D eigenvalue weighted by atomic mass is 9.99. The monoisotopic (exact) mass is 466 g/mol. The molecule has 2 aromatic heterocycles. The van der Waals surface area contributed by atoms with Crippen molar-refractivity contribution in [3.63, 3.8) is 0 Å². The molecule has 1 amide bonds. The number of hydrogen-bond acceptors (Lipinski definition) is 6. The molecule has 7 heteroatoms. The third-order valence-electron chi connectivity index (χ3n) is 6.36. The maximum Gasteiger partial charge on any atom is 0.226 e. The van der Waals surface area contributed by atoms with E-state index in [0.29, 0.717) is 29.8 Å². The van der Waals surface area contributed by atoms with Gasteiger partial charge in [0.15, 0.2) is 16.8 Å². The Morgan fingerprint density at radius 3 is 2.67 bits per heavy atom. The summed E-state index contributed by atoms with van der Waals surface area (Å²) in [5, 5.41) is 3.63. The topological polar surface area (TPSA) is 71.3 Å². The molecular weight excluding hydrogens is 432 g/mol. The zero-order chi connectivity index (χ0) is 23.4. The first-order valence-electron chi connectivity index (χ1n) is 11.9. The Balaban J connectivity index is 1.27. The predicted molar refractivity (Wildman–Crippen MR) is 134 cm³/mol. The van der Waals surface area contributed by atoms with Gasteiger partial charge in [0.1, 0.15) is 0 Å². The van der Waals surface area contributed by atoms with Crippen LogP contribution in [0.2, 0.25) is 0 Å². The molecule has 1 fully saturated rings. The average Bonchev–Trinajstić information content (AvgIpc) is 3.40. The lowest BCUT2D eigenvalue weighted by molar-refractivity contribution is -0.116. The molecule has 0 unspecified atom stereocenters. The van der Waals surface area contributed by atoms with Gasteiger partial charge in [-0.1, -0.05) is 45.0 Å². The number of anilines is 1. The number of rotatable bonds is 8. The van der Waals surface area contributed by atoms with Crippen LogP contribution in [-0.4, -0.2) is 33.9 Å². The maximum atomic E-state index is 12.5. The Bertz CT molecular complexity index is 1060. The maximum absolute atomic E-state index is 12.5. The number of benzene rings is 1. The van der Waals surface area contributed by atoms with E-state index in [1.165, 1.54) is 23.3 Å². The number of aryl methyl sites for hydroxylation is 2. The van der Waals surface area contributed by atoms with Gasteiger partial charge < -0.3 is 9.73 Å². The summed E-state index contributed by atoms with van der Waals surface area (Å²) < 4.78 is 5.88. The van der Waals surface area contributed by atoms with Crippen molar-refractivity contribution < 1.29 is 9.21 Å². The number of aromatic nitrogens is 2. The summed E-state index contributed by atoms with van der Waals surface area (Å²) >= 11 is 1.58. The number of likely N-dealkylation sites (tertiary alicyclic amines) is 1. The molecule has 6 nitrogen and oxygen atoms in total. The first-order chi connectivity index (χ1) is 15.9. The van der Waals surface area contributed by atoms with Gasteiger partial charge in [0.05, 0.1) is 11.9 Å². The Morgan fingerprint density at radius 2 is 1.97 bits per heavy atom. The van der Waals surface area contributed by atoms with Crippen LogP contribution in [-0.2, 0) is 17.8 Å². The van der Waals surface area contributed by atoms with Crippen LogP contribution < -0.4 is 5.32 Å². The second-order valence-corrected chi connectivity index (χ2v) is 10.5. The van der Waals surface area contributed by atoms with Gasteiger partial charge in [-0.25, -0.2) is 9.97 Å². The molecule has 3 aromatic rings. The summed E-state index contributed by atoms with van der Waals surface area (Å²) in [5.74, 6) is 2.55. The Labute approximate surface area is 200 Å². The number of thiazole rings is 1. The third-order valence-corrected chi connectivity index (χ3v) is 7.42. The highest BCUT2D eigenvalue weighted by Gasteiger charge is 2.19. The summed E-state index contributed by atoms with van der Waals surface area (Å²) in [5.41, 5.74) is 3.30. The van der Waals surface area contributed by atoms with Crippen LogP contribution in [0.15, 0.2) is 34.9 Å². The van der Waals surface area contributed by atoms with E-state index >= 15 is 0 Å². The van der Waals surface area contributed by atoms with Gasteiger partial charge in [-0.05, 0) is 50.3 Å². The van der Waals surface area contributed by atoms with Gasteiger partial charge in [0.2, 0.25) is 5.91 Å². The highest BCUT2D eigenvalue weighted by molar-refractivity contribution is 7.15. The van der Waals surface area contributed by atoms with Crippen molar-refractivity contribution in [1.29, 1.82) is 0 Å². The van der Waals surface area contributed by atoms with E-state index < -0.39 is 0 Å². The molecule has 0 bridgehead atoms. The van der Waals surface area contributed by atoms with Crippen LogP contribution in [0.25, 0.3) is 11.3 Å². The van der Waals surface area contributed by atoms with Crippen LogP contribution in [0.4, 0.5) is 5.13 Å². The van der Waals surface area contributed by atoms with Gasteiger partial charge >= 0.3 is 0 Å². The zero-order valence-corrected chi connectivity index (χ0v) is 20.9. The minimum Gasteiger partial charge on any atom is -0.441 e. The van der Waals surface area contributed by atoms with E-state index in [-0.39, 0.29) is 5.91 Å². The molecule has 0 saturated carbocycles. The van der Waals surface area contributed by atoms with E-state index in [4.69, 9.17) is 4.42 Å². The Morgan fingerprint density at radius 1 is 1.24 bits per heavy atom. The van der Waals surface area contributed by atoms with E-state index in [1.807, 2.05) is 6.92 Å².